The Labute approximate surface area is 152 Å². The Morgan fingerprint density at radius 2 is 2.12 bits per heavy atom. The molecule has 0 radical (unpaired) electrons. The largest absolute Gasteiger partial charge is 0.367 e. The lowest BCUT2D eigenvalue weighted by molar-refractivity contribution is -0.137. The topological polar surface area (TPSA) is 144 Å². The van der Waals surface area contributed by atoms with E-state index in [-0.39, 0.29) is 12.1 Å². The molecule has 3 aromatic heterocycles. The summed E-state index contributed by atoms with van der Waals surface area (Å²) in [4.78, 5) is 42.9. The molecule has 10 heteroatoms. The van der Waals surface area contributed by atoms with Crippen molar-refractivity contribution in [3.63, 3.8) is 0 Å². The first-order chi connectivity index (χ1) is 12.6. The Morgan fingerprint density at radius 1 is 1.27 bits per heavy atom. The van der Waals surface area contributed by atoms with Crippen molar-refractivity contribution in [1.82, 2.24) is 24.0 Å². The van der Waals surface area contributed by atoms with Crippen molar-refractivity contribution in [3.05, 3.63) is 54.2 Å². The summed E-state index contributed by atoms with van der Waals surface area (Å²) in [5.41, 5.74) is 6.87. The molecule has 2 amide bonds. The third-order valence-corrected chi connectivity index (χ3v) is 4.13. The van der Waals surface area contributed by atoms with E-state index in [9.17, 15) is 14.4 Å². The Balaban J connectivity index is 1.83. The van der Waals surface area contributed by atoms with Gasteiger partial charge in [-0.1, -0.05) is 0 Å². The number of aromatic amines is 1. The minimum absolute atomic E-state index is 0.0549. The number of hydrogen-bond acceptors (Lipinski definition) is 7. The van der Waals surface area contributed by atoms with Gasteiger partial charge in [0.25, 0.3) is 11.8 Å². The molecule has 0 fully saturated rings. The number of hydrogen-bond donors (Lipinski definition) is 3. The summed E-state index contributed by atoms with van der Waals surface area (Å²) in [6, 6.07) is 4.09. The number of nitrogens with zero attached hydrogens (tertiary/aromatic N) is 3. The lowest BCUT2D eigenvalue weighted by Gasteiger charge is -2.15. The smallest absolute Gasteiger partial charge is 0.287 e. The summed E-state index contributed by atoms with van der Waals surface area (Å²) in [5.74, 6) is -2.62. The standard InChI is InChI=1S/C16H14N6O3S/c17-15(24)14(23)11(6-9-3-5-19-7-9)20-16(25)13-12(21-26-22-13)10-2-1-4-18-8-10/h1-5,7-8,11,19H,6H2,(H2,17,24)(H,20,25). The molecule has 0 aliphatic carbocycles. The van der Waals surface area contributed by atoms with Crippen LogP contribution in [0.3, 0.4) is 0 Å². The van der Waals surface area contributed by atoms with Crippen LogP contribution in [0.2, 0.25) is 0 Å². The summed E-state index contributed by atoms with van der Waals surface area (Å²) in [6.07, 6.45) is 6.62. The summed E-state index contributed by atoms with van der Waals surface area (Å²) in [6.45, 7) is 0. The number of nitrogens with one attached hydrogen (secondary N) is 2. The van der Waals surface area contributed by atoms with E-state index in [1.54, 1.807) is 43.0 Å². The van der Waals surface area contributed by atoms with Gasteiger partial charge in [0.15, 0.2) is 5.69 Å². The molecule has 1 unspecified atom stereocenters. The highest BCUT2D eigenvalue weighted by Gasteiger charge is 2.28. The molecule has 3 aromatic rings. The molecule has 0 aliphatic heterocycles. The summed E-state index contributed by atoms with van der Waals surface area (Å²) in [5, 5.41) is 2.53. The summed E-state index contributed by atoms with van der Waals surface area (Å²) in [7, 11) is 0. The fraction of sp³-hybridized carbons (Fsp3) is 0.125. The van der Waals surface area contributed by atoms with E-state index in [0.717, 1.165) is 17.3 Å². The number of nitrogens with two attached hydrogens (primary N) is 1. The van der Waals surface area contributed by atoms with Crippen LogP contribution in [0.25, 0.3) is 11.3 Å². The number of carbonyl (C=O) groups excluding carboxylic acids is 3. The Bertz CT molecular complexity index is 923. The number of Topliss-reactive ketones (excluding diaryl/α,β-unsaturated/α-hetero) is 1. The number of carbonyl (C=O) groups is 3. The van der Waals surface area contributed by atoms with Gasteiger partial charge in [-0.05, 0) is 23.8 Å². The molecule has 9 nitrogen and oxygen atoms in total. The van der Waals surface area contributed by atoms with Crippen LogP contribution in [0, 0.1) is 0 Å². The Morgan fingerprint density at radius 3 is 2.77 bits per heavy atom. The van der Waals surface area contributed by atoms with E-state index in [0.29, 0.717) is 11.3 Å². The first kappa shape index (κ1) is 17.4. The maximum absolute atomic E-state index is 12.6. The van der Waals surface area contributed by atoms with E-state index >= 15 is 0 Å². The number of rotatable bonds is 7. The van der Waals surface area contributed by atoms with E-state index in [2.05, 4.69) is 24.0 Å². The molecular weight excluding hydrogens is 356 g/mol. The van der Waals surface area contributed by atoms with Crippen LogP contribution in [0.1, 0.15) is 16.1 Å². The van der Waals surface area contributed by atoms with Crippen LogP contribution in [0.4, 0.5) is 0 Å². The van der Waals surface area contributed by atoms with Crippen LogP contribution in [0.5, 0.6) is 0 Å². The highest BCUT2D eigenvalue weighted by molar-refractivity contribution is 6.99. The van der Waals surface area contributed by atoms with Gasteiger partial charge >= 0.3 is 0 Å². The highest BCUT2D eigenvalue weighted by Crippen LogP contribution is 2.20. The van der Waals surface area contributed by atoms with Crippen molar-refractivity contribution in [2.75, 3.05) is 0 Å². The monoisotopic (exact) mass is 370 g/mol. The Kier molecular flexibility index (Phi) is 5.13. The van der Waals surface area contributed by atoms with Gasteiger partial charge in [0, 0.05) is 36.8 Å². The molecule has 0 spiro atoms. The number of aromatic nitrogens is 4. The van der Waals surface area contributed by atoms with Gasteiger partial charge in [0.05, 0.1) is 11.7 Å². The lowest BCUT2D eigenvalue weighted by atomic mass is 10.0. The van der Waals surface area contributed by atoms with Crippen molar-refractivity contribution in [3.8, 4) is 11.3 Å². The number of H-pyrrole nitrogens is 1. The van der Waals surface area contributed by atoms with Gasteiger partial charge in [-0.3, -0.25) is 19.4 Å². The van der Waals surface area contributed by atoms with Crippen LogP contribution in [0.15, 0.2) is 43.0 Å². The Hall–Kier alpha value is -3.40. The van der Waals surface area contributed by atoms with Crippen molar-refractivity contribution >= 4 is 29.3 Å². The first-order valence-electron chi connectivity index (χ1n) is 7.55. The quantitative estimate of drug-likeness (QED) is 0.511. The normalized spacial score (nSPS) is 11.7. The molecule has 0 aromatic carbocycles. The second-order valence-corrected chi connectivity index (χ2v) is 5.91. The van der Waals surface area contributed by atoms with E-state index < -0.39 is 23.6 Å². The molecule has 0 saturated heterocycles. The molecular formula is C16H14N6O3S. The number of ketones is 1. The predicted molar refractivity (Wildman–Crippen MR) is 93.1 cm³/mol. The van der Waals surface area contributed by atoms with Gasteiger partial charge < -0.3 is 16.0 Å². The molecule has 4 N–H and O–H groups in total. The molecule has 0 saturated carbocycles. The van der Waals surface area contributed by atoms with Crippen LogP contribution < -0.4 is 11.1 Å². The van der Waals surface area contributed by atoms with E-state index in [4.69, 9.17) is 5.73 Å². The average Bonchev–Trinajstić information content (AvgIpc) is 3.32. The SMILES string of the molecule is NC(=O)C(=O)C(Cc1cc[nH]c1)NC(=O)c1nsnc1-c1cccnc1. The lowest BCUT2D eigenvalue weighted by Crippen LogP contribution is -2.47. The van der Waals surface area contributed by atoms with Crippen LogP contribution in [-0.2, 0) is 16.0 Å². The third-order valence-electron chi connectivity index (χ3n) is 3.61. The van der Waals surface area contributed by atoms with E-state index in [1.807, 2.05) is 0 Å². The van der Waals surface area contributed by atoms with Gasteiger partial charge in [-0.15, -0.1) is 0 Å². The molecule has 1 atom stereocenters. The van der Waals surface area contributed by atoms with Gasteiger partial charge in [-0.2, -0.15) is 8.75 Å². The number of amides is 2. The van der Waals surface area contributed by atoms with Gasteiger partial charge in [0.1, 0.15) is 11.7 Å². The zero-order valence-corrected chi connectivity index (χ0v) is 14.2. The summed E-state index contributed by atoms with van der Waals surface area (Å²) < 4.78 is 8.12. The van der Waals surface area contributed by atoms with Gasteiger partial charge in [0.2, 0.25) is 5.78 Å². The fourth-order valence-corrected chi connectivity index (χ4v) is 2.92. The first-order valence-corrected chi connectivity index (χ1v) is 8.28. The minimum atomic E-state index is -1.12. The van der Waals surface area contributed by atoms with Crippen LogP contribution in [-0.4, -0.2) is 42.4 Å². The second-order valence-electron chi connectivity index (χ2n) is 5.38. The van der Waals surface area contributed by atoms with Crippen molar-refractivity contribution in [2.45, 2.75) is 12.5 Å². The van der Waals surface area contributed by atoms with Crippen molar-refractivity contribution < 1.29 is 14.4 Å². The molecule has 132 valence electrons. The molecule has 3 rings (SSSR count). The molecule has 26 heavy (non-hydrogen) atoms. The maximum Gasteiger partial charge on any atom is 0.287 e. The molecule has 3 heterocycles. The highest BCUT2D eigenvalue weighted by atomic mass is 32.1. The third kappa shape index (κ3) is 3.81. The zero-order valence-electron chi connectivity index (χ0n) is 13.4. The number of primary amides is 1. The zero-order chi connectivity index (χ0) is 18.5. The van der Waals surface area contributed by atoms with Crippen molar-refractivity contribution in [1.29, 1.82) is 0 Å². The van der Waals surface area contributed by atoms with E-state index in [1.165, 1.54) is 0 Å². The molecule has 0 aliphatic rings. The summed E-state index contributed by atoms with van der Waals surface area (Å²) >= 11 is 0.866. The minimum Gasteiger partial charge on any atom is -0.367 e. The van der Waals surface area contributed by atoms with Gasteiger partial charge in [-0.25, -0.2) is 0 Å². The maximum atomic E-state index is 12.6. The second kappa shape index (κ2) is 7.66. The fourth-order valence-electron chi connectivity index (χ4n) is 2.36. The number of pyridine rings is 1. The van der Waals surface area contributed by atoms with Crippen LogP contribution >= 0.6 is 11.7 Å². The predicted octanol–water partition coefficient (Wildman–Crippen LogP) is 0.324. The molecule has 0 bridgehead atoms. The van der Waals surface area contributed by atoms with Crippen molar-refractivity contribution in [2.24, 2.45) is 5.73 Å². The average molecular weight is 370 g/mol.